The van der Waals surface area contributed by atoms with Crippen LogP contribution < -0.4 is 0 Å². The van der Waals surface area contributed by atoms with Gasteiger partial charge < -0.3 is 0 Å². The number of hydrogen-bond acceptors (Lipinski definition) is 4. The van der Waals surface area contributed by atoms with Gasteiger partial charge in [0.05, 0.1) is 0 Å². The number of benzene rings is 4. The monoisotopic (exact) mass is 506 g/mol. The van der Waals surface area contributed by atoms with Gasteiger partial charge in [0, 0.05) is 11.1 Å². The van der Waals surface area contributed by atoms with Gasteiger partial charge in [-0.15, -0.1) is 0 Å². The Kier molecular flexibility index (Phi) is 7.75. The number of hydrogen-bond donors (Lipinski definition) is 0. The van der Waals surface area contributed by atoms with Gasteiger partial charge in [0.25, 0.3) is 0 Å². The van der Waals surface area contributed by atoms with Gasteiger partial charge in [0.15, 0.2) is 0 Å². The van der Waals surface area contributed by atoms with E-state index in [-0.39, 0.29) is 11.1 Å². The normalized spacial score (nSPS) is 12.3. The molecule has 0 saturated heterocycles. The Morgan fingerprint density at radius 2 is 0.838 bits per heavy atom. The summed E-state index contributed by atoms with van der Waals surface area (Å²) in [7, 11) is -4.55. The maximum atomic E-state index is 14.2. The van der Waals surface area contributed by atoms with Crippen LogP contribution in [0.1, 0.15) is 43.0 Å². The molecular weight excluding hydrogens is 480 g/mol. The van der Waals surface area contributed by atoms with Crippen molar-refractivity contribution in [2.24, 2.45) is 0 Å². The Balaban J connectivity index is 1.93. The highest BCUT2D eigenvalue weighted by atomic mass is 32.2. The number of aryl methyl sites for hydroxylation is 2. The second kappa shape index (κ2) is 11.1. The average Bonchev–Trinajstić information content (AvgIpc) is 2.91. The third-order valence-corrected chi connectivity index (χ3v) is 7.61. The summed E-state index contributed by atoms with van der Waals surface area (Å²) in [5.74, 6) is -1.36. The van der Waals surface area contributed by atoms with Crippen LogP contribution in [-0.2, 0) is 9.84 Å². The molecule has 4 nitrogen and oxygen atoms in total. The van der Waals surface area contributed by atoms with Crippen LogP contribution in [0.2, 0.25) is 0 Å². The Labute approximate surface area is 217 Å². The minimum absolute atomic E-state index is 0.221. The smallest absolute Gasteiger partial charge is 0.214 e. The van der Waals surface area contributed by atoms with Gasteiger partial charge in [-0.2, -0.15) is 0 Å². The van der Waals surface area contributed by atoms with E-state index >= 15 is 0 Å². The summed E-state index contributed by atoms with van der Waals surface area (Å²) in [5.41, 5.74) is 3.38. The van der Waals surface area contributed by atoms with Crippen LogP contribution in [0.5, 0.6) is 0 Å². The molecule has 0 radical (unpaired) electrons. The lowest BCUT2D eigenvalue weighted by Crippen LogP contribution is -2.21. The fourth-order valence-corrected chi connectivity index (χ4v) is 5.29. The molecule has 0 amide bonds. The molecular formula is C32H26O4S. The van der Waals surface area contributed by atoms with E-state index in [0.717, 1.165) is 11.1 Å². The summed E-state index contributed by atoms with van der Waals surface area (Å²) in [5, 5.41) is 0. The molecule has 37 heavy (non-hydrogen) atoms. The van der Waals surface area contributed by atoms with Crippen LogP contribution in [0.25, 0.3) is 12.2 Å². The molecule has 4 aromatic rings. The lowest BCUT2D eigenvalue weighted by Gasteiger charge is -2.13. The minimum Gasteiger partial charge on any atom is -0.288 e. The SMILES string of the molecule is Cc1ccc(C(=O)/C(=C/c2ccccc2)S(=O)(=O)/C(=C\c2ccccc2)C(=O)c2ccc(C)cc2)cc1. The van der Waals surface area contributed by atoms with Crippen molar-refractivity contribution in [2.45, 2.75) is 13.8 Å². The van der Waals surface area contributed by atoms with Crippen LogP contribution >= 0.6 is 0 Å². The first kappa shape index (κ1) is 25.7. The number of sulfone groups is 1. The quantitative estimate of drug-likeness (QED) is 0.193. The van der Waals surface area contributed by atoms with Crippen LogP contribution in [0.4, 0.5) is 0 Å². The summed E-state index contributed by atoms with van der Waals surface area (Å²) in [6.45, 7) is 3.76. The van der Waals surface area contributed by atoms with Gasteiger partial charge in [0.1, 0.15) is 9.81 Å². The molecule has 0 unspecified atom stereocenters. The molecule has 4 aromatic carbocycles. The summed E-state index contributed by atoms with van der Waals surface area (Å²) >= 11 is 0. The number of ketones is 2. The number of rotatable bonds is 8. The third-order valence-electron chi connectivity index (χ3n) is 5.85. The van der Waals surface area contributed by atoms with Crippen LogP contribution in [0.15, 0.2) is 119 Å². The maximum Gasteiger partial charge on any atom is 0.214 e. The molecule has 0 aliphatic carbocycles. The lowest BCUT2D eigenvalue weighted by atomic mass is 10.1. The predicted molar refractivity (Wildman–Crippen MR) is 149 cm³/mol. The van der Waals surface area contributed by atoms with Crippen molar-refractivity contribution in [3.63, 3.8) is 0 Å². The summed E-state index contributed by atoms with van der Waals surface area (Å²) < 4.78 is 28.4. The number of carbonyl (C=O) groups excluding carboxylic acids is 2. The van der Waals surface area contributed by atoms with Crippen molar-refractivity contribution in [1.29, 1.82) is 0 Å². The first-order valence-electron chi connectivity index (χ1n) is 11.8. The number of allylic oxidation sites excluding steroid dienone is 2. The van der Waals surface area contributed by atoms with E-state index in [1.54, 1.807) is 109 Å². The third kappa shape index (κ3) is 6.08. The molecule has 184 valence electrons. The average molecular weight is 507 g/mol. The summed E-state index contributed by atoms with van der Waals surface area (Å²) in [6, 6.07) is 30.8. The van der Waals surface area contributed by atoms with E-state index in [4.69, 9.17) is 0 Å². The molecule has 0 aliphatic heterocycles. The Morgan fingerprint density at radius 3 is 1.16 bits per heavy atom. The zero-order valence-electron chi connectivity index (χ0n) is 20.6. The Hall–Kier alpha value is -4.35. The molecule has 4 rings (SSSR count). The highest BCUT2D eigenvalue weighted by molar-refractivity contribution is 8.01. The molecule has 0 aliphatic rings. The standard InChI is InChI=1S/C32H26O4S/c1-23-13-17-27(18-14-23)31(33)29(21-25-9-5-3-6-10-25)37(35,36)30(22-26-11-7-4-8-12-26)32(34)28-19-15-24(2)16-20-28/h3-22H,1-2H3/b29-21-,30-22-. The molecule has 0 bridgehead atoms. The second-order valence-electron chi connectivity index (χ2n) is 8.73. The first-order valence-corrected chi connectivity index (χ1v) is 13.3. The number of Topliss-reactive ketones (excluding diaryl/α,β-unsaturated/α-hetero) is 2. The van der Waals surface area contributed by atoms with Gasteiger partial charge in [-0.25, -0.2) is 8.42 Å². The molecule has 0 spiro atoms. The maximum absolute atomic E-state index is 14.2. The van der Waals surface area contributed by atoms with Crippen molar-refractivity contribution in [3.8, 4) is 0 Å². The fraction of sp³-hybridized carbons (Fsp3) is 0.0625. The van der Waals surface area contributed by atoms with E-state index in [0.29, 0.717) is 11.1 Å². The zero-order chi connectivity index (χ0) is 26.4. The van der Waals surface area contributed by atoms with Gasteiger partial charge in [0.2, 0.25) is 21.4 Å². The Bertz CT molecular complexity index is 1460. The highest BCUT2D eigenvalue weighted by Crippen LogP contribution is 2.29. The van der Waals surface area contributed by atoms with Gasteiger partial charge in [-0.05, 0) is 37.1 Å². The van der Waals surface area contributed by atoms with Gasteiger partial charge in [-0.3, -0.25) is 9.59 Å². The first-order chi connectivity index (χ1) is 17.8. The Morgan fingerprint density at radius 1 is 0.514 bits per heavy atom. The van der Waals surface area contributed by atoms with Crippen LogP contribution in [-0.4, -0.2) is 20.0 Å². The summed E-state index contributed by atoms with van der Waals surface area (Å²) in [4.78, 5) is 26.4. The molecule has 0 N–H and O–H groups in total. The van der Waals surface area contributed by atoms with Crippen LogP contribution in [0, 0.1) is 13.8 Å². The fourth-order valence-electron chi connectivity index (χ4n) is 3.74. The van der Waals surface area contributed by atoms with Gasteiger partial charge >= 0.3 is 0 Å². The van der Waals surface area contributed by atoms with Gasteiger partial charge in [-0.1, -0.05) is 120 Å². The van der Waals surface area contributed by atoms with Crippen molar-refractivity contribution >= 4 is 33.6 Å². The van der Waals surface area contributed by atoms with Crippen molar-refractivity contribution < 1.29 is 18.0 Å². The molecule has 0 aromatic heterocycles. The van der Waals surface area contributed by atoms with E-state index in [1.807, 2.05) is 13.8 Å². The summed E-state index contributed by atoms with van der Waals surface area (Å²) in [6.07, 6.45) is 2.66. The van der Waals surface area contributed by atoms with E-state index in [1.165, 1.54) is 12.2 Å². The zero-order valence-corrected chi connectivity index (χ0v) is 21.4. The van der Waals surface area contributed by atoms with E-state index in [2.05, 4.69) is 0 Å². The largest absolute Gasteiger partial charge is 0.288 e. The molecule has 0 fully saturated rings. The van der Waals surface area contributed by atoms with E-state index in [9.17, 15) is 18.0 Å². The topological polar surface area (TPSA) is 68.3 Å². The lowest BCUT2D eigenvalue weighted by molar-refractivity contribution is 0.103. The van der Waals surface area contributed by atoms with Crippen molar-refractivity contribution in [3.05, 3.63) is 152 Å². The molecule has 0 atom stereocenters. The van der Waals surface area contributed by atoms with E-state index < -0.39 is 31.2 Å². The molecule has 0 heterocycles. The number of carbonyl (C=O) groups is 2. The minimum atomic E-state index is -4.55. The van der Waals surface area contributed by atoms with Crippen molar-refractivity contribution in [1.82, 2.24) is 0 Å². The van der Waals surface area contributed by atoms with Crippen molar-refractivity contribution in [2.75, 3.05) is 0 Å². The molecule has 0 saturated carbocycles. The second-order valence-corrected chi connectivity index (χ2v) is 10.6. The molecule has 5 heteroatoms. The highest BCUT2D eigenvalue weighted by Gasteiger charge is 2.34. The van der Waals surface area contributed by atoms with Crippen LogP contribution in [0.3, 0.4) is 0 Å². The predicted octanol–water partition coefficient (Wildman–Crippen LogP) is 6.87.